The van der Waals surface area contributed by atoms with Crippen LogP contribution < -0.4 is 0 Å². The second-order valence-corrected chi connectivity index (χ2v) is 6.97. The van der Waals surface area contributed by atoms with Gasteiger partial charge in [-0.25, -0.2) is 0 Å². The summed E-state index contributed by atoms with van der Waals surface area (Å²) in [6.07, 6.45) is 2.85. The van der Waals surface area contributed by atoms with Crippen molar-refractivity contribution in [2.75, 3.05) is 7.11 Å². The Labute approximate surface area is 127 Å². The maximum Gasteiger partial charge on any atom is 0.305 e. The molecule has 0 bridgehead atoms. The highest BCUT2D eigenvalue weighted by Crippen LogP contribution is 2.54. The summed E-state index contributed by atoms with van der Waals surface area (Å²) in [6, 6.07) is 0. The Balaban J connectivity index is 2.35. The number of carbonyl (C=O) groups is 1. The lowest BCUT2D eigenvalue weighted by molar-refractivity contribution is -0.205. The summed E-state index contributed by atoms with van der Waals surface area (Å²) in [7, 11) is 1.38. The number of allylic oxidation sites excluding steroid dienone is 1. The zero-order valence-electron chi connectivity index (χ0n) is 13.3. The standard InChI is InChI=1S/C17H28O4/c1-10(2)13-7-5-11(3)17(20)12(9-15(19)21-4)6-8-14(18)16(13)17/h11-14,16,18,20H,1,5-9H2,2-4H3/t11-,12+,13+,14-,16+,17+/m1/s1. The third kappa shape index (κ3) is 2.76. The summed E-state index contributed by atoms with van der Waals surface area (Å²) in [5, 5.41) is 21.9. The molecule has 2 fully saturated rings. The van der Waals surface area contributed by atoms with Crippen molar-refractivity contribution in [3.8, 4) is 0 Å². The molecular formula is C17H28O4. The van der Waals surface area contributed by atoms with Gasteiger partial charge in [-0.2, -0.15) is 0 Å². The van der Waals surface area contributed by atoms with Crippen LogP contribution in [0.3, 0.4) is 0 Å². The van der Waals surface area contributed by atoms with Gasteiger partial charge in [0.1, 0.15) is 0 Å². The molecular weight excluding hydrogens is 268 g/mol. The highest BCUT2D eigenvalue weighted by molar-refractivity contribution is 5.69. The van der Waals surface area contributed by atoms with E-state index in [0.29, 0.717) is 12.8 Å². The molecule has 0 aromatic rings. The molecule has 4 nitrogen and oxygen atoms in total. The first-order chi connectivity index (χ1) is 9.82. The maximum atomic E-state index is 11.7. The van der Waals surface area contributed by atoms with E-state index in [1.807, 2.05) is 13.8 Å². The third-order valence-corrected chi connectivity index (χ3v) is 5.82. The number of aliphatic hydroxyl groups is 2. The van der Waals surface area contributed by atoms with Crippen molar-refractivity contribution >= 4 is 5.97 Å². The number of ether oxygens (including phenoxy) is 1. The molecule has 21 heavy (non-hydrogen) atoms. The van der Waals surface area contributed by atoms with Crippen molar-refractivity contribution in [1.29, 1.82) is 0 Å². The first kappa shape index (κ1) is 16.5. The smallest absolute Gasteiger partial charge is 0.305 e. The van der Waals surface area contributed by atoms with Crippen LogP contribution in [0, 0.1) is 23.7 Å². The molecule has 0 unspecified atom stereocenters. The molecule has 0 aromatic carbocycles. The van der Waals surface area contributed by atoms with E-state index in [0.717, 1.165) is 18.4 Å². The number of esters is 1. The predicted octanol–water partition coefficient (Wildman–Crippen LogP) is 2.29. The summed E-state index contributed by atoms with van der Waals surface area (Å²) < 4.78 is 4.78. The minimum atomic E-state index is -1.01. The van der Waals surface area contributed by atoms with Crippen LogP contribution in [0.1, 0.15) is 46.0 Å². The fourth-order valence-electron chi connectivity index (χ4n) is 4.63. The van der Waals surface area contributed by atoms with Gasteiger partial charge in [0.15, 0.2) is 0 Å². The van der Waals surface area contributed by atoms with Gasteiger partial charge in [-0.05, 0) is 50.4 Å². The van der Waals surface area contributed by atoms with Crippen molar-refractivity contribution in [3.05, 3.63) is 12.2 Å². The fraction of sp³-hybridized carbons (Fsp3) is 0.824. The van der Waals surface area contributed by atoms with Gasteiger partial charge >= 0.3 is 5.97 Å². The summed E-state index contributed by atoms with van der Waals surface area (Å²) >= 11 is 0. The van der Waals surface area contributed by atoms with Gasteiger partial charge in [0, 0.05) is 5.92 Å². The number of rotatable bonds is 3. The van der Waals surface area contributed by atoms with Crippen molar-refractivity contribution in [2.45, 2.75) is 57.7 Å². The Morgan fingerprint density at radius 3 is 2.57 bits per heavy atom. The molecule has 2 rings (SSSR count). The van der Waals surface area contributed by atoms with Crippen LogP contribution in [0.2, 0.25) is 0 Å². The first-order valence-corrected chi connectivity index (χ1v) is 7.95. The van der Waals surface area contributed by atoms with Crippen LogP contribution in [-0.2, 0) is 9.53 Å². The van der Waals surface area contributed by atoms with E-state index in [1.165, 1.54) is 7.11 Å². The van der Waals surface area contributed by atoms with Crippen molar-refractivity contribution in [3.63, 3.8) is 0 Å². The van der Waals surface area contributed by atoms with Gasteiger partial charge in [-0.15, -0.1) is 0 Å². The Morgan fingerprint density at radius 2 is 2.00 bits per heavy atom. The van der Waals surface area contributed by atoms with E-state index < -0.39 is 11.7 Å². The lowest BCUT2D eigenvalue weighted by atomic mass is 9.52. The van der Waals surface area contributed by atoms with Crippen LogP contribution in [0.5, 0.6) is 0 Å². The van der Waals surface area contributed by atoms with Gasteiger partial charge in [-0.1, -0.05) is 19.1 Å². The van der Waals surface area contributed by atoms with Crippen molar-refractivity contribution < 1.29 is 19.7 Å². The van der Waals surface area contributed by atoms with Gasteiger partial charge in [0.2, 0.25) is 0 Å². The van der Waals surface area contributed by atoms with Crippen LogP contribution >= 0.6 is 0 Å². The largest absolute Gasteiger partial charge is 0.469 e. The van der Waals surface area contributed by atoms with Crippen molar-refractivity contribution in [2.24, 2.45) is 23.7 Å². The van der Waals surface area contributed by atoms with Crippen LogP contribution in [0.25, 0.3) is 0 Å². The zero-order valence-corrected chi connectivity index (χ0v) is 13.3. The molecule has 2 N–H and O–H groups in total. The van der Waals surface area contributed by atoms with Gasteiger partial charge in [0.05, 0.1) is 25.2 Å². The quantitative estimate of drug-likeness (QED) is 0.619. The molecule has 4 heteroatoms. The Morgan fingerprint density at radius 1 is 1.33 bits per heavy atom. The van der Waals surface area contributed by atoms with Gasteiger partial charge in [-0.3, -0.25) is 4.79 Å². The van der Waals surface area contributed by atoms with Gasteiger partial charge in [0.25, 0.3) is 0 Å². The molecule has 6 atom stereocenters. The van der Waals surface area contributed by atoms with E-state index in [9.17, 15) is 15.0 Å². The molecule has 2 aliphatic rings. The lowest BCUT2D eigenvalue weighted by Gasteiger charge is -2.57. The number of aliphatic hydroxyl groups excluding tert-OH is 1. The second-order valence-electron chi connectivity index (χ2n) is 6.97. The summed E-state index contributed by atoms with van der Waals surface area (Å²) in [6.45, 7) is 8.05. The molecule has 2 saturated carbocycles. The lowest BCUT2D eigenvalue weighted by Crippen LogP contribution is -2.62. The molecule has 120 valence electrons. The molecule has 2 aliphatic carbocycles. The minimum Gasteiger partial charge on any atom is -0.469 e. The number of hydrogen-bond acceptors (Lipinski definition) is 4. The third-order valence-electron chi connectivity index (χ3n) is 5.82. The Kier molecular flexibility index (Phi) is 4.79. The highest BCUT2D eigenvalue weighted by atomic mass is 16.5. The molecule has 0 spiro atoms. The Hall–Kier alpha value is -0.870. The number of carbonyl (C=O) groups excluding carboxylic acids is 1. The van der Waals surface area contributed by atoms with Crippen LogP contribution in [0.15, 0.2) is 12.2 Å². The van der Waals surface area contributed by atoms with Crippen LogP contribution in [0.4, 0.5) is 0 Å². The molecule has 0 aliphatic heterocycles. The molecule has 0 aromatic heterocycles. The van der Waals surface area contributed by atoms with Crippen LogP contribution in [-0.4, -0.2) is 35.0 Å². The predicted molar refractivity (Wildman–Crippen MR) is 80.5 cm³/mol. The fourth-order valence-corrected chi connectivity index (χ4v) is 4.63. The average Bonchev–Trinajstić information content (AvgIpc) is 2.43. The minimum absolute atomic E-state index is 0.0720. The average molecular weight is 296 g/mol. The summed E-state index contributed by atoms with van der Waals surface area (Å²) in [5.41, 5.74) is 0.0105. The SMILES string of the molecule is C=C(C)[C@@H]1CC[C@@H](C)[C@]2(O)[C@H](CC(=O)OC)CC[C@@H](O)[C@H]12. The maximum absolute atomic E-state index is 11.7. The van der Waals surface area contributed by atoms with E-state index in [-0.39, 0.29) is 36.1 Å². The first-order valence-electron chi connectivity index (χ1n) is 7.95. The van der Waals surface area contributed by atoms with E-state index >= 15 is 0 Å². The topological polar surface area (TPSA) is 66.8 Å². The molecule has 0 radical (unpaired) electrons. The monoisotopic (exact) mass is 296 g/mol. The Bertz CT molecular complexity index is 419. The second kappa shape index (κ2) is 6.09. The van der Waals surface area contributed by atoms with Crippen molar-refractivity contribution in [1.82, 2.24) is 0 Å². The number of fused-ring (bicyclic) bond motifs is 1. The molecule has 0 heterocycles. The zero-order chi connectivity index (χ0) is 15.8. The van der Waals surface area contributed by atoms with E-state index in [4.69, 9.17) is 4.74 Å². The highest BCUT2D eigenvalue weighted by Gasteiger charge is 2.58. The number of methoxy groups -OCH3 is 1. The molecule has 0 amide bonds. The number of hydrogen-bond donors (Lipinski definition) is 2. The summed E-state index contributed by atoms with van der Waals surface area (Å²) in [5.74, 6) is -0.449. The summed E-state index contributed by atoms with van der Waals surface area (Å²) in [4.78, 5) is 11.7. The normalized spacial score (nSPS) is 43.0. The van der Waals surface area contributed by atoms with E-state index in [1.54, 1.807) is 0 Å². The molecule has 0 saturated heterocycles. The van der Waals surface area contributed by atoms with E-state index in [2.05, 4.69) is 6.58 Å². The van der Waals surface area contributed by atoms with Gasteiger partial charge < -0.3 is 14.9 Å².